The lowest BCUT2D eigenvalue weighted by Gasteiger charge is -2.15. The van der Waals surface area contributed by atoms with E-state index in [1.54, 1.807) is 0 Å². The summed E-state index contributed by atoms with van der Waals surface area (Å²) in [5.41, 5.74) is 16.7. The fraction of sp³-hybridized carbons (Fsp3) is 0. The van der Waals surface area contributed by atoms with E-state index in [0.717, 1.165) is 5.69 Å². The fourth-order valence-electron chi connectivity index (χ4n) is 13.4. The summed E-state index contributed by atoms with van der Waals surface area (Å²) in [6.07, 6.45) is 0. The Hall–Kier alpha value is -9.72. The van der Waals surface area contributed by atoms with Crippen molar-refractivity contribution in [1.82, 2.24) is 18.3 Å². The van der Waals surface area contributed by atoms with Crippen molar-refractivity contribution in [2.24, 2.45) is 0 Å². The monoisotopic (exact) mass is 1030 g/mol. The molecule has 18 rings (SSSR count). The van der Waals surface area contributed by atoms with Crippen LogP contribution in [0.2, 0.25) is 0 Å². The third kappa shape index (κ3) is 5.77. The fourth-order valence-corrected chi connectivity index (χ4v) is 15.9. The van der Waals surface area contributed by atoms with E-state index in [9.17, 15) is 0 Å². The lowest BCUT2D eigenvalue weighted by atomic mass is 9.99. The maximum Gasteiger partial charge on any atom is 0.0661 e. The number of hydrogen-bond acceptors (Lipinski definition) is 2. The molecule has 0 saturated carbocycles. The smallest absolute Gasteiger partial charge is 0.0661 e. The average Bonchev–Trinajstić information content (AvgIpc) is 4.42. The predicted molar refractivity (Wildman–Crippen MR) is 335 cm³/mol. The first-order valence-corrected chi connectivity index (χ1v) is 28.3. The van der Waals surface area contributed by atoms with Crippen LogP contribution in [-0.2, 0) is 0 Å². The molecule has 6 heteroatoms. The lowest BCUT2D eigenvalue weighted by Crippen LogP contribution is -1.99. The maximum absolute atomic E-state index is 2.53. The van der Waals surface area contributed by atoms with Gasteiger partial charge in [-0.25, -0.2) is 0 Å². The molecule has 12 aromatic carbocycles. The molecule has 0 aliphatic carbocycles. The Bertz CT molecular complexity index is 5380. The first-order chi connectivity index (χ1) is 38.7. The van der Waals surface area contributed by atoms with E-state index in [4.69, 9.17) is 0 Å². The number of fused-ring (bicyclic) bond motifs is 18. The van der Waals surface area contributed by atoms with Gasteiger partial charge in [0.15, 0.2) is 0 Å². The summed E-state index contributed by atoms with van der Waals surface area (Å²) < 4.78 is 15.1. The number of hydrogen-bond donors (Lipinski definition) is 0. The minimum atomic E-state index is 1.14. The van der Waals surface area contributed by atoms with Crippen molar-refractivity contribution in [2.75, 3.05) is 0 Å². The maximum atomic E-state index is 2.53. The second-order valence-corrected chi connectivity index (χ2v) is 22.8. The second-order valence-electron chi connectivity index (χ2n) is 20.8. The van der Waals surface area contributed by atoms with Gasteiger partial charge in [0.05, 0.1) is 75.3 Å². The summed E-state index contributed by atoms with van der Waals surface area (Å²) in [5.74, 6) is 0. The number of nitrogens with zero attached hydrogens (tertiary/aromatic N) is 4. The van der Waals surface area contributed by atoms with Crippen molar-refractivity contribution in [2.45, 2.75) is 0 Å². The van der Waals surface area contributed by atoms with E-state index in [1.165, 1.54) is 156 Å². The highest BCUT2D eigenvalue weighted by atomic mass is 32.1. The third-order valence-corrected chi connectivity index (χ3v) is 19.2. The Morgan fingerprint density at radius 1 is 0.205 bits per heavy atom. The van der Waals surface area contributed by atoms with Gasteiger partial charge < -0.3 is 18.3 Å². The molecule has 0 spiro atoms. The van der Waals surface area contributed by atoms with Crippen LogP contribution in [0.3, 0.4) is 0 Å². The minimum absolute atomic E-state index is 1.14. The summed E-state index contributed by atoms with van der Waals surface area (Å²) in [4.78, 5) is 0. The molecule has 0 fully saturated rings. The van der Waals surface area contributed by atoms with Crippen molar-refractivity contribution >= 4 is 150 Å². The Labute approximate surface area is 454 Å². The normalized spacial score (nSPS) is 12.4. The van der Waals surface area contributed by atoms with Gasteiger partial charge in [-0.2, -0.15) is 0 Å². The van der Waals surface area contributed by atoms with Crippen LogP contribution in [0.1, 0.15) is 0 Å². The van der Waals surface area contributed by atoms with Gasteiger partial charge in [-0.05, 0) is 102 Å². The quantitative estimate of drug-likeness (QED) is 0.164. The molecule has 0 unspecified atom stereocenters. The summed E-state index contributed by atoms with van der Waals surface area (Å²) in [7, 11) is 0. The zero-order valence-electron chi connectivity index (χ0n) is 41.9. The third-order valence-electron chi connectivity index (χ3n) is 16.7. The van der Waals surface area contributed by atoms with Crippen molar-refractivity contribution < 1.29 is 0 Å². The van der Waals surface area contributed by atoms with Crippen LogP contribution in [0.5, 0.6) is 0 Å². The first kappa shape index (κ1) is 42.5. The van der Waals surface area contributed by atoms with Crippen LogP contribution in [0, 0.1) is 0 Å². The summed E-state index contributed by atoms with van der Waals surface area (Å²) in [5, 5.41) is 15.0. The number of rotatable bonds is 5. The van der Waals surface area contributed by atoms with Gasteiger partial charge in [0.25, 0.3) is 0 Å². The molecule has 0 N–H and O–H groups in total. The zero-order valence-corrected chi connectivity index (χ0v) is 43.5. The van der Waals surface area contributed by atoms with Crippen LogP contribution in [0.25, 0.3) is 161 Å². The molecular formula is C72H42N4S2. The molecule has 0 aliphatic heterocycles. The number of benzene rings is 12. The topological polar surface area (TPSA) is 19.7 Å². The van der Waals surface area contributed by atoms with Crippen LogP contribution in [0.15, 0.2) is 255 Å². The molecule has 6 aromatic heterocycles. The minimum Gasteiger partial charge on any atom is -0.309 e. The van der Waals surface area contributed by atoms with E-state index in [1.807, 2.05) is 22.7 Å². The molecule has 78 heavy (non-hydrogen) atoms. The van der Waals surface area contributed by atoms with Gasteiger partial charge in [-0.3, -0.25) is 0 Å². The van der Waals surface area contributed by atoms with Crippen molar-refractivity contribution in [3.8, 4) is 33.9 Å². The van der Waals surface area contributed by atoms with Gasteiger partial charge in [0.2, 0.25) is 0 Å². The molecule has 0 bridgehead atoms. The van der Waals surface area contributed by atoms with Crippen molar-refractivity contribution in [3.63, 3.8) is 0 Å². The predicted octanol–water partition coefficient (Wildman–Crippen LogP) is 20.5. The van der Waals surface area contributed by atoms with E-state index in [-0.39, 0.29) is 0 Å². The Kier molecular flexibility index (Phi) is 8.67. The van der Waals surface area contributed by atoms with Gasteiger partial charge in [0, 0.05) is 75.0 Å². The van der Waals surface area contributed by atoms with Gasteiger partial charge in [-0.1, -0.05) is 164 Å². The molecule has 18 aromatic rings. The molecule has 0 saturated heterocycles. The van der Waals surface area contributed by atoms with E-state index in [0.29, 0.717) is 0 Å². The highest BCUT2D eigenvalue weighted by Crippen LogP contribution is 2.49. The molecule has 0 aliphatic rings. The molecule has 4 nitrogen and oxygen atoms in total. The summed E-state index contributed by atoms with van der Waals surface area (Å²) in [6.45, 7) is 0. The molecule has 0 atom stereocenters. The molecular weight excluding hydrogens is 985 g/mol. The van der Waals surface area contributed by atoms with Crippen molar-refractivity contribution in [3.05, 3.63) is 255 Å². The molecule has 6 heterocycles. The lowest BCUT2D eigenvalue weighted by molar-refractivity contribution is 1.15. The van der Waals surface area contributed by atoms with Gasteiger partial charge >= 0.3 is 0 Å². The van der Waals surface area contributed by atoms with Gasteiger partial charge in [-0.15, -0.1) is 22.7 Å². The van der Waals surface area contributed by atoms with Gasteiger partial charge in [0.1, 0.15) is 0 Å². The average molecular weight is 1030 g/mol. The zero-order chi connectivity index (χ0) is 50.7. The molecule has 0 radical (unpaired) electrons. The Morgan fingerprint density at radius 3 is 1.01 bits per heavy atom. The van der Waals surface area contributed by atoms with E-state index < -0.39 is 0 Å². The molecule has 0 amide bonds. The number of para-hydroxylation sites is 8. The molecule has 362 valence electrons. The first-order valence-electron chi connectivity index (χ1n) is 26.7. The second kappa shape index (κ2) is 15.9. The number of thiophene rings is 2. The van der Waals surface area contributed by atoms with Crippen LogP contribution >= 0.6 is 22.7 Å². The van der Waals surface area contributed by atoms with E-state index >= 15 is 0 Å². The Morgan fingerprint density at radius 2 is 0.551 bits per heavy atom. The van der Waals surface area contributed by atoms with Crippen LogP contribution in [-0.4, -0.2) is 18.3 Å². The van der Waals surface area contributed by atoms with Crippen LogP contribution in [0.4, 0.5) is 0 Å². The van der Waals surface area contributed by atoms with Crippen molar-refractivity contribution in [1.29, 1.82) is 0 Å². The summed E-state index contributed by atoms with van der Waals surface area (Å²) >= 11 is 3.81. The largest absolute Gasteiger partial charge is 0.309 e. The van der Waals surface area contributed by atoms with Crippen LogP contribution < -0.4 is 0 Å². The summed E-state index contributed by atoms with van der Waals surface area (Å²) in [6, 6.07) is 95.0. The van der Waals surface area contributed by atoms with E-state index in [2.05, 4.69) is 273 Å². The SMILES string of the molecule is c1cc(-n2c3ccccc3c3ccccc32)c2sc3c(-n4c5ccccc5c5ccccc54)cc(-c4ccc5sc6c(-n7c8ccccc8c8ccccc87)cc(-n7c8ccccc8c8ccccc87)cc6c5c4)cc3c2c1. The highest BCUT2D eigenvalue weighted by Gasteiger charge is 2.24. The number of aromatic nitrogens is 4. The highest BCUT2D eigenvalue weighted by molar-refractivity contribution is 7.27. The Balaban J connectivity index is 0.937. The standard InChI is InChI=1S/C72H42N4S2/c1-9-27-58-46(18-1)47-19-2-10-28-59(47)73(58)45-41-57-55-38-43(36-37-69(55)77-71(57)68(42-45)76-64-33-15-7-24-52(64)53-25-8-16-34-65(53)76)44-39-56-54-26-17-35-66(74-60-29-11-3-20-48(60)49-21-4-12-30-61(49)74)70(54)78-72(56)67(40-44)75-62-31-13-5-22-50(62)51-23-6-14-32-63(51)75/h1-42H.